The standard InChI is InChI=1S/C17H30OS/c1-6-7-11-19-14(3)12-15(18)16-13(2)9-8-10-17(16,4)5/h8-9,13-14,16H,6-7,10-12H2,1-5H3/t13-,14?,16-/m1/s1. The van der Waals surface area contributed by atoms with Crippen molar-refractivity contribution in [3.63, 3.8) is 0 Å². The maximum absolute atomic E-state index is 12.6. The van der Waals surface area contributed by atoms with Crippen molar-refractivity contribution in [1.29, 1.82) is 0 Å². The second kappa shape index (κ2) is 7.52. The first-order chi connectivity index (χ1) is 8.88. The van der Waals surface area contributed by atoms with Gasteiger partial charge in [-0.05, 0) is 29.9 Å². The van der Waals surface area contributed by atoms with Crippen molar-refractivity contribution in [1.82, 2.24) is 0 Å². The zero-order valence-electron chi connectivity index (χ0n) is 13.2. The van der Waals surface area contributed by atoms with E-state index in [1.165, 1.54) is 18.6 Å². The number of thioether (sulfide) groups is 1. The van der Waals surface area contributed by atoms with Gasteiger partial charge in [-0.15, -0.1) is 0 Å². The summed E-state index contributed by atoms with van der Waals surface area (Å²) in [5.41, 5.74) is 0.124. The number of carbonyl (C=O) groups excluding carboxylic acids is 1. The fraction of sp³-hybridized carbons (Fsp3) is 0.824. The highest BCUT2D eigenvalue weighted by molar-refractivity contribution is 7.99. The van der Waals surface area contributed by atoms with Crippen LogP contribution < -0.4 is 0 Å². The van der Waals surface area contributed by atoms with Gasteiger partial charge in [0.25, 0.3) is 0 Å². The molecule has 1 nitrogen and oxygen atoms in total. The quantitative estimate of drug-likeness (QED) is 0.477. The fourth-order valence-corrected chi connectivity index (χ4v) is 4.30. The average Bonchev–Trinajstić information content (AvgIpc) is 2.27. The molecule has 0 aromatic carbocycles. The fourth-order valence-electron chi connectivity index (χ4n) is 3.16. The van der Waals surface area contributed by atoms with Gasteiger partial charge in [-0.3, -0.25) is 4.79 Å². The Morgan fingerprint density at radius 3 is 2.74 bits per heavy atom. The third-order valence-corrected chi connectivity index (χ3v) is 5.45. The Morgan fingerprint density at radius 2 is 2.16 bits per heavy atom. The first kappa shape index (κ1) is 16.8. The lowest BCUT2D eigenvalue weighted by Gasteiger charge is -2.39. The Bertz CT molecular complexity index is 319. The third kappa shape index (κ3) is 4.98. The van der Waals surface area contributed by atoms with Crippen LogP contribution in [0.4, 0.5) is 0 Å². The molecule has 0 saturated carbocycles. The van der Waals surface area contributed by atoms with Gasteiger partial charge in [0.1, 0.15) is 5.78 Å². The van der Waals surface area contributed by atoms with E-state index >= 15 is 0 Å². The SMILES string of the molecule is CCCCSC(C)CC(=O)[C@H]1[C@H](C)C=CCC1(C)C. The molecule has 1 aliphatic carbocycles. The van der Waals surface area contributed by atoms with E-state index in [-0.39, 0.29) is 11.3 Å². The molecule has 0 fully saturated rings. The molecule has 1 aliphatic rings. The monoisotopic (exact) mass is 282 g/mol. The van der Waals surface area contributed by atoms with Crippen LogP contribution in [0, 0.1) is 17.3 Å². The van der Waals surface area contributed by atoms with Gasteiger partial charge in [-0.1, -0.05) is 53.2 Å². The van der Waals surface area contributed by atoms with Gasteiger partial charge in [0.05, 0.1) is 0 Å². The largest absolute Gasteiger partial charge is 0.299 e. The summed E-state index contributed by atoms with van der Waals surface area (Å²) in [4.78, 5) is 12.6. The van der Waals surface area contributed by atoms with Gasteiger partial charge in [0.15, 0.2) is 0 Å². The number of ketones is 1. The molecule has 19 heavy (non-hydrogen) atoms. The molecule has 1 unspecified atom stereocenters. The minimum absolute atomic E-state index is 0.124. The van der Waals surface area contributed by atoms with Crippen LogP contribution in [0.25, 0.3) is 0 Å². The van der Waals surface area contributed by atoms with Crippen LogP contribution in [-0.2, 0) is 4.79 Å². The van der Waals surface area contributed by atoms with Crippen molar-refractivity contribution in [3.05, 3.63) is 12.2 Å². The van der Waals surface area contributed by atoms with Crippen molar-refractivity contribution in [2.75, 3.05) is 5.75 Å². The summed E-state index contributed by atoms with van der Waals surface area (Å²) in [7, 11) is 0. The summed E-state index contributed by atoms with van der Waals surface area (Å²) in [6.07, 6.45) is 8.74. The Morgan fingerprint density at radius 1 is 1.47 bits per heavy atom. The predicted molar refractivity (Wildman–Crippen MR) is 86.6 cm³/mol. The number of hydrogen-bond donors (Lipinski definition) is 0. The highest BCUT2D eigenvalue weighted by Gasteiger charge is 2.39. The number of rotatable bonds is 7. The summed E-state index contributed by atoms with van der Waals surface area (Å²) in [6.45, 7) is 11.1. The van der Waals surface area contributed by atoms with Crippen LogP contribution in [0.3, 0.4) is 0 Å². The molecule has 0 radical (unpaired) electrons. The molecule has 110 valence electrons. The third-order valence-electron chi connectivity index (χ3n) is 4.19. The minimum atomic E-state index is 0.124. The first-order valence-corrected chi connectivity index (χ1v) is 8.74. The van der Waals surface area contributed by atoms with Gasteiger partial charge < -0.3 is 0 Å². The van der Waals surface area contributed by atoms with Gasteiger partial charge in [0.2, 0.25) is 0 Å². The summed E-state index contributed by atoms with van der Waals surface area (Å²) in [6, 6.07) is 0. The Hall–Kier alpha value is -0.240. The molecule has 0 bridgehead atoms. The van der Waals surface area contributed by atoms with E-state index in [1.54, 1.807) is 0 Å². The molecule has 0 aromatic heterocycles. The lowest BCUT2D eigenvalue weighted by atomic mass is 9.65. The number of unbranched alkanes of at least 4 members (excludes halogenated alkanes) is 1. The summed E-state index contributed by atoms with van der Waals surface area (Å²) < 4.78 is 0. The van der Waals surface area contributed by atoms with Gasteiger partial charge in [0, 0.05) is 17.6 Å². The lowest BCUT2D eigenvalue weighted by molar-refractivity contribution is -0.128. The van der Waals surface area contributed by atoms with E-state index in [1.807, 2.05) is 11.8 Å². The van der Waals surface area contributed by atoms with Gasteiger partial charge in [-0.2, -0.15) is 11.8 Å². The van der Waals surface area contributed by atoms with E-state index in [0.29, 0.717) is 17.0 Å². The highest BCUT2D eigenvalue weighted by Crippen LogP contribution is 2.42. The molecule has 0 heterocycles. The Kier molecular flexibility index (Phi) is 6.65. The normalized spacial score (nSPS) is 27.2. The topological polar surface area (TPSA) is 17.1 Å². The highest BCUT2D eigenvalue weighted by atomic mass is 32.2. The van der Waals surface area contributed by atoms with Crippen LogP contribution in [0.5, 0.6) is 0 Å². The van der Waals surface area contributed by atoms with E-state index in [2.05, 4.69) is 46.8 Å². The molecule has 0 aromatic rings. The molecule has 2 heteroatoms. The lowest BCUT2D eigenvalue weighted by Crippen LogP contribution is -2.38. The van der Waals surface area contributed by atoms with Crippen molar-refractivity contribution in [2.45, 2.75) is 65.6 Å². The van der Waals surface area contributed by atoms with E-state index < -0.39 is 0 Å². The van der Waals surface area contributed by atoms with Crippen molar-refractivity contribution in [3.8, 4) is 0 Å². The maximum atomic E-state index is 12.6. The number of allylic oxidation sites excluding steroid dienone is 2. The second-order valence-corrected chi connectivity index (χ2v) is 8.21. The van der Waals surface area contributed by atoms with Gasteiger partial charge in [-0.25, -0.2) is 0 Å². The van der Waals surface area contributed by atoms with Crippen LogP contribution in [0.2, 0.25) is 0 Å². The molecular formula is C17H30OS. The molecule has 3 atom stereocenters. The number of hydrogen-bond acceptors (Lipinski definition) is 2. The smallest absolute Gasteiger partial charge is 0.138 e. The van der Waals surface area contributed by atoms with E-state index in [9.17, 15) is 4.79 Å². The Balaban J connectivity index is 2.54. The zero-order valence-corrected chi connectivity index (χ0v) is 14.1. The second-order valence-electron chi connectivity index (χ2n) is 6.66. The van der Waals surface area contributed by atoms with Gasteiger partial charge >= 0.3 is 0 Å². The van der Waals surface area contributed by atoms with Crippen LogP contribution in [-0.4, -0.2) is 16.8 Å². The number of Topliss-reactive ketones (excluding diaryl/α,β-unsaturated/α-hetero) is 1. The van der Waals surface area contributed by atoms with Crippen LogP contribution in [0.15, 0.2) is 12.2 Å². The minimum Gasteiger partial charge on any atom is -0.299 e. The first-order valence-electron chi connectivity index (χ1n) is 7.69. The molecular weight excluding hydrogens is 252 g/mol. The summed E-state index contributed by atoms with van der Waals surface area (Å²) in [5.74, 6) is 2.25. The zero-order chi connectivity index (χ0) is 14.5. The van der Waals surface area contributed by atoms with E-state index in [0.717, 1.165) is 12.8 Å². The van der Waals surface area contributed by atoms with Crippen molar-refractivity contribution >= 4 is 17.5 Å². The van der Waals surface area contributed by atoms with Crippen molar-refractivity contribution < 1.29 is 4.79 Å². The maximum Gasteiger partial charge on any atom is 0.138 e. The summed E-state index contributed by atoms with van der Waals surface area (Å²) >= 11 is 1.96. The van der Waals surface area contributed by atoms with Crippen molar-refractivity contribution in [2.24, 2.45) is 17.3 Å². The predicted octanol–water partition coefficient (Wildman–Crippen LogP) is 5.11. The average molecular weight is 282 g/mol. The molecule has 0 spiro atoms. The number of carbonyl (C=O) groups is 1. The van der Waals surface area contributed by atoms with E-state index in [4.69, 9.17) is 0 Å². The molecule has 1 rings (SSSR count). The summed E-state index contributed by atoms with van der Waals surface area (Å²) in [5, 5.41) is 0.466. The molecule has 0 aliphatic heterocycles. The molecule has 0 amide bonds. The molecule has 0 saturated heterocycles. The molecule has 0 N–H and O–H groups in total. The van der Waals surface area contributed by atoms with Crippen LogP contribution >= 0.6 is 11.8 Å². The Labute approximate surface area is 123 Å². The van der Waals surface area contributed by atoms with Crippen LogP contribution in [0.1, 0.15) is 60.3 Å².